The topological polar surface area (TPSA) is 44.7 Å². The van der Waals surface area contributed by atoms with Crippen molar-refractivity contribution in [1.82, 2.24) is 5.43 Å². The van der Waals surface area contributed by atoms with Crippen molar-refractivity contribution in [2.24, 2.45) is 5.10 Å². The standard InChI is InChI=1S/C23H29N3O/c1-5-26-21-12-11-19(13-20(21)17(2)15-23(26,3)4)16-24-25-22(27)14-18-9-7-6-8-10-18/h6-13,16-17H,5,14-15H2,1-4H3,(H,25,27)/b24-16-/t17-/m0/s1. The third kappa shape index (κ3) is 4.38. The number of fused-ring (bicyclic) bond motifs is 1. The molecule has 4 nitrogen and oxygen atoms in total. The minimum atomic E-state index is -0.109. The second-order valence-corrected chi connectivity index (χ2v) is 7.94. The Bertz CT molecular complexity index is 827. The fourth-order valence-electron chi connectivity index (χ4n) is 4.19. The molecule has 1 atom stereocenters. The molecule has 0 spiro atoms. The normalized spacial score (nSPS) is 18.4. The summed E-state index contributed by atoms with van der Waals surface area (Å²) in [6.07, 6.45) is 3.19. The molecule has 0 aliphatic carbocycles. The molecule has 1 aliphatic heterocycles. The van der Waals surface area contributed by atoms with E-state index in [0.717, 1.165) is 24.1 Å². The summed E-state index contributed by atoms with van der Waals surface area (Å²) in [5, 5.41) is 4.14. The van der Waals surface area contributed by atoms with Crippen LogP contribution in [0.15, 0.2) is 53.6 Å². The number of hydrazone groups is 1. The van der Waals surface area contributed by atoms with Gasteiger partial charge in [-0.25, -0.2) is 5.43 Å². The first kappa shape index (κ1) is 19.2. The zero-order valence-electron chi connectivity index (χ0n) is 16.7. The van der Waals surface area contributed by atoms with Gasteiger partial charge in [0, 0.05) is 17.8 Å². The number of hydrogen-bond donors (Lipinski definition) is 1. The van der Waals surface area contributed by atoms with Crippen LogP contribution in [0.25, 0.3) is 0 Å². The predicted molar refractivity (Wildman–Crippen MR) is 112 cm³/mol. The Morgan fingerprint density at radius 2 is 2.00 bits per heavy atom. The zero-order chi connectivity index (χ0) is 19.4. The van der Waals surface area contributed by atoms with Crippen molar-refractivity contribution in [3.05, 3.63) is 65.2 Å². The maximum Gasteiger partial charge on any atom is 0.244 e. The van der Waals surface area contributed by atoms with Crippen molar-refractivity contribution >= 4 is 17.8 Å². The average Bonchev–Trinajstić information content (AvgIpc) is 2.62. The van der Waals surface area contributed by atoms with Crippen LogP contribution in [-0.2, 0) is 11.2 Å². The Morgan fingerprint density at radius 1 is 1.26 bits per heavy atom. The third-order valence-corrected chi connectivity index (χ3v) is 5.34. The number of hydrogen-bond acceptors (Lipinski definition) is 3. The monoisotopic (exact) mass is 363 g/mol. The number of nitrogens with one attached hydrogen (secondary N) is 1. The molecule has 3 rings (SSSR count). The van der Waals surface area contributed by atoms with Gasteiger partial charge in [0.15, 0.2) is 0 Å². The highest BCUT2D eigenvalue weighted by molar-refractivity contribution is 5.84. The molecule has 1 amide bonds. The SMILES string of the molecule is CCN1c2ccc(/C=N\NC(=O)Cc3ccccc3)cc2[C@@H](C)CC1(C)C. The molecule has 2 aromatic rings. The highest BCUT2D eigenvalue weighted by Crippen LogP contribution is 2.43. The summed E-state index contributed by atoms with van der Waals surface area (Å²) in [5.41, 5.74) is 7.45. The first-order valence-electron chi connectivity index (χ1n) is 9.68. The lowest BCUT2D eigenvalue weighted by Gasteiger charge is -2.47. The molecule has 1 N–H and O–H groups in total. The highest BCUT2D eigenvalue weighted by atomic mass is 16.2. The quantitative estimate of drug-likeness (QED) is 0.628. The van der Waals surface area contributed by atoms with Crippen LogP contribution in [-0.4, -0.2) is 24.2 Å². The minimum absolute atomic E-state index is 0.109. The predicted octanol–water partition coefficient (Wildman–Crippen LogP) is 4.49. The van der Waals surface area contributed by atoms with E-state index in [4.69, 9.17) is 0 Å². The summed E-state index contributed by atoms with van der Waals surface area (Å²) in [4.78, 5) is 14.5. The molecule has 0 aromatic heterocycles. The average molecular weight is 364 g/mol. The van der Waals surface area contributed by atoms with Gasteiger partial charge in [-0.05, 0) is 61.9 Å². The van der Waals surface area contributed by atoms with Crippen LogP contribution in [0.1, 0.15) is 56.7 Å². The van der Waals surface area contributed by atoms with Gasteiger partial charge >= 0.3 is 0 Å². The molecular formula is C23H29N3O. The summed E-state index contributed by atoms with van der Waals surface area (Å²) in [7, 11) is 0. The van der Waals surface area contributed by atoms with Gasteiger partial charge in [0.2, 0.25) is 5.91 Å². The van der Waals surface area contributed by atoms with E-state index in [1.54, 1.807) is 6.21 Å². The number of carbonyl (C=O) groups is 1. The minimum Gasteiger partial charge on any atom is -0.366 e. The van der Waals surface area contributed by atoms with Gasteiger partial charge in [0.1, 0.15) is 0 Å². The largest absolute Gasteiger partial charge is 0.366 e. The van der Waals surface area contributed by atoms with E-state index in [1.807, 2.05) is 30.3 Å². The van der Waals surface area contributed by atoms with Gasteiger partial charge in [-0.3, -0.25) is 4.79 Å². The second-order valence-electron chi connectivity index (χ2n) is 7.94. The van der Waals surface area contributed by atoms with E-state index in [0.29, 0.717) is 12.3 Å². The van der Waals surface area contributed by atoms with Gasteiger partial charge in [0.25, 0.3) is 0 Å². The maximum atomic E-state index is 12.0. The van der Waals surface area contributed by atoms with Crippen LogP contribution < -0.4 is 10.3 Å². The van der Waals surface area contributed by atoms with Crippen molar-refractivity contribution in [2.75, 3.05) is 11.4 Å². The third-order valence-electron chi connectivity index (χ3n) is 5.34. The van der Waals surface area contributed by atoms with Crippen molar-refractivity contribution in [3.8, 4) is 0 Å². The van der Waals surface area contributed by atoms with Crippen LogP contribution in [0.5, 0.6) is 0 Å². The molecule has 0 bridgehead atoms. The number of benzene rings is 2. The van der Waals surface area contributed by atoms with Gasteiger partial charge < -0.3 is 4.90 Å². The van der Waals surface area contributed by atoms with E-state index in [2.05, 4.69) is 61.3 Å². The summed E-state index contributed by atoms with van der Waals surface area (Å²) in [6, 6.07) is 16.1. The first-order valence-corrected chi connectivity index (χ1v) is 9.68. The number of amides is 1. The Kier molecular flexibility index (Phi) is 5.64. The van der Waals surface area contributed by atoms with Crippen LogP contribution in [0.3, 0.4) is 0 Å². The summed E-state index contributed by atoms with van der Waals surface area (Å²) in [6.45, 7) is 10.1. The van der Waals surface area contributed by atoms with Crippen molar-refractivity contribution in [3.63, 3.8) is 0 Å². The van der Waals surface area contributed by atoms with Gasteiger partial charge in [-0.15, -0.1) is 0 Å². The summed E-state index contributed by atoms with van der Waals surface area (Å²) in [5.74, 6) is 0.390. The molecule has 2 aromatic carbocycles. The van der Waals surface area contributed by atoms with Gasteiger partial charge in [0.05, 0.1) is 12.6 Å². The van der Waals surface area contributed by atoms with Crippen LogP contribution in [0.2, 0.25) is 0 Å². The lowest BCUT2D eigenvalue weighted by Crippen LogP contribution is -2.48. The molecule has 1 heterocycles. The first-order chi connectivity index (χ1) is 12.9. The van der Waals surface area contributed by atoms with Crippen LogP contribution in [0, 0.1) is 0 Å². The molecule has 0 saturated carbocycles. The summed E-state index contributed by atoms with van der Waals surface area (Å²) >= 11 is 0. The molecular weight excluding hydrogens is 334 g/mol. The highest BCUT2D eigenvalue weighted by Gasteiger charge is 2.35. The number of anilines is 1. The molecule has 0 unspecified atom stereocenters. The lowest BCUT2D eigenvalue weighted by atomic mass is 9.79. The number of nitrogens with zero attached hydrogens (tertiary/aromatic N) is 2. The van der Waals surface area contributed by atoms with E-state index >= 15 is 0 Å². The van der Waals surface area contributed by atoms with Crippen molar-refractivity contribution in [2.45, 2.75) is 52.0 Å². The van der Waals surface area contributed by atoms with Crippen LogP contribution >= 0.6 is 0 Å². The molecule has 27 heavy (non-hydrogen) atoms. The Balaban J connectivity index is 1.69. The molecule has 1 aliphatic rings. The maximum absolute atomic E-state index is 12.0. The van der Waals surface area contributed by atoms with Gasteiger partial charge in [-0.2, -0.15) is 5.10 Å². The molecule has 0 radical (unpaired) electrons. The van der Waals surface area contributed by atoms with Crippen LogP contribution in [0.4, 0.5) is 5.69 Å². The number of rotatable bonds is 5. The van der Waals surface area contributed by atoms with E-state index < -0.39 is 0 Å². The second kappa shape index (κ2) is 7.95. The smallest absolute Gasteiger partial charge is 0.244 e. The van der Waals surface area contributed by atoms with E-state index in [-0.39, 0.29) is 11.4 Å². The fourth-order valence-corrected chi connectivity index (χ4v) is 4.19. The fraction of sp³-hybridized carbons (Fsp3) is 0.391. The number of carbonyl (C=O) groups excluding carboxylic acids is 1. The Labute approximate surface area is 162 Å². The molecule has 4 heteroatoms. The lowest BCUT2D eigenvalue weighted by molar-refractivity contribution is -0.120. The Hall–Kier alpha value is -2.62. The van der Waals surface area contributed by atoms with E-state index in [1.165, 1.54) is 11.3 Å². The van der Waals surface area contributed by atoms with Gasteiger partial charge in [-0.1, -0.05) is 43.3 Å². The molecule has 0 saturated heterocycles. The Morgan fingerprint density at radius 3 is 2.70 bits per heavy atom. The molecule has 0 fully saturated rings. The molecule has 142 valence electrons. The zero-order valence-corrected chi connectivity index (χ0v) is 16.7. The van der Waals surface area contributed by atoms with Crippen molar-refractivity contribution in [1.29, 1.82) is 0 Å². The van der Waals surface area contributed by atoms with E-state index in [9.17, 15) is 4.79 Å². The summed E-state index contributed by atoms with van der Waals surface area (Å²) < 4.78 is 0. The van der Waals surface area contributed by atoms with Crippen molar-refractivity contribution < 1.29 is 4.79 Å².